The van der Waals surface area contributed by atoms with Crippen molar-refractivity contribution in [3.05, 3.63) is 18.5 Å². The molecule has 0 spiro atoms. The molecule has 0 radical (unpaired) electrons. The van der Waals surface area contributed by atoms with Gasteiger partial charge in [-0.15, -0.1) is 0 Å². The Morgan fingerprint density at radius 2 is 2.28 bits per heavy atom. The number of allylic oxidation sites excluding steroid dienone is 1. The van der Waals surface area contributed by atoms with Gasteiger partial charge < -0.3 is 16.4 Å². The third-order valence-electron chi connectivity index (χ3n) is 2.65. The molecule has 0 fully saturated rings. The van der Waals surface area contributed by atoms with Gasteiger partial charge in [-0.1, -0.05) is 24.8 Å². The Morgan fingerprint density at radius 3 is 2.78 bits per heavy atom. The summed E-state index contributed by atoms with van der Waals surface area (Å²) in [7, 11) is 0. The zero-order chi connectivity index (χ0) is 13.7. The average Bonchev–Trinajstić information content (AvgIpc) is 2.62. The second-order valence-corrected chi connectivity index (χ2v) is 5.53. The van der Waals surface area contributed by atoms with E-state index in [2.05, 4.69) is 36.0 Å². The lowest BCUT2D eigenvalue weighted by Crippen LogP contribution is -2.27. The van der Waals surface area contributed by atoms with Crippen LogP contribution in [0.3, 0.4) is 0 Å². The molecule has 4 N–H and O–H groups in total. The van der Waals surface area contributed by atoms with Crippen LogP contribution < -0.4 is 16.4 Å². The first-order chi connectivity index (χ1) is 8.38. The smallest absolute Gasteiger partial charge is 0.220 e. The van der Waals surface area contributed by atoms with E-state index in [-0.39, 0.29) is 11.9 Å². The molecular formula is C12H20N4OS. The van der Waals surface area contributed by atoms with Gasteiger partial charge in [-0.2, -0.15) is 0 Å². The van der Waals surface area contributed by atoms with E-state index in [0.29, 0.717) is 10.9 Å². The Hall–Kier alpha value is -1.56. The number of hydrogen-bond acceptors (Lipinski definition) is 5. The largest absolute Gasteiger partial charge is 0.389 e. The molecule has 1 aromatic heterocycles. The predicted octanol–water partition coefficient (Wildman–Crippen LogP) is 2.20. The van der Waals surface area contributed by atoms with Gasteiger partial charge in [0.05, 0.1) is 6.20 Å². The van der Waals surface area contributed by atoms with Crippen molar-refractivity contribution in [2.75, 3.05) is 11.1 Å². The maximum absolute atomic E-state index is 10.9. The molecule has 0 bridgehead atoms. The molecule has 0 aliphatic carbocycles. The van der Waals surface area contributed by atoms with Crippen LogP contribution in [0, 0.1) is 5.92 Å². The summed E-state index contributed by atoms with van der Waals surface area (Å²) in [6.07, 6.45) is 2.37. The minimum Gasteiger partial charge on any atom is -0.389 e. The number of nitrogen functional groups attached to an aromatic ring is 1. The summed E-state index contributed by atoms with van der Waals surface area (Å²) in [6, 6.07) is 0.223. The van der Waals surface area contributed by atoms with E-state index in [1.165, 1.54) is 18.3 Å². The maximum Gasteiger partial charge on any atom is 0.220 e. The first kappa shape index (κ1) is 14.5. The van der Waals surface area contributed by atoms with Crippen LogP contribution >= 0.6 is 11.3 Å². The third-order valence-corrected chi connectivity index (χ3v) is 3.41. The Bertz CT molecular complexity index is 429. The minimum absolute atomic E-state index is 0.0829. The molecule has 1 unspecified atom stereocenters. The van der Waals surface area contributed by atoms with Crippen molar-refractivity contribution < 1.29 is 4.79 Å². The van der Waals surface area contributed by atoms with Crippen molar-refractivity contribution >= 4 is 27.4 Å². The van der Waals surface area contributed by atoms with Crippen molar-refractivity contribution in [1.29, 1.82) is 0 Å². The van der Waals surface area contributed by atoms with Crippen molar-refractivity contribution in [2.24, 2.45) is 5.92 Å². The second-order valence-electron chi connectivity index (χ2n) is 4.47. The number of nitrogens with two attached hydrogens (primary N) is 1. The summed E-state index contributed by atoms with van der Waals surface area (Å²) in [5, 5.41) is 7.51. The normalized spacial score (nSPS) is 13.7. The Balaban J connectivity index is 2.43. The zero-order valence-corrected chi connectivity index (χ0v) is 11.8. The van der Waals surface area contributed by atoms with Crippen LogP contribution in [0.4, 0.5) is 10.1 Å². The second kappa shape index (κ2) is 6.39. The number of nitrogens with zero attached hydrogens (tertiary/aromatic N) is 1. The first-order valence-corrected chi connectivity index (χ1v) is 6.63. The van der Waals surface area contributed by atoms with E-state index in [0.717, 1.165) is 17.2 Å². The molecule has 0 saturated heterocycles. The standard InChI is InChI=1S/C12H20N4OS/c1-7(5-8(2)15-10(4)17)9(3)16-12-14-6-11(13)18-12/h6-7,9H,2,5,13H2,1,3-4H3,(H,14,16)(H,15,17)/t7?,9-/m0/s1. The summed E-state index contributed by atoms with van der Waals surface area (Å²) in [5.74, 6) is 0.245. The fourth-order valence-corrected chi connectivity index (χ4v) is 2.23. The van der Waals surface area contributed by atoms with Crippen molar-refractivity contribution in [1.82, 2.24) is 10.3 Å². The van der Waals surface area contributed by atoms with Crippen LogP contribution in [0.15, 0.2) is 18.5 Å². The van der Waals surface area contributed by atoms with Crippen LogP contribution in [-0.2, 0) is 4.79 Å². The van der Waals surface area contributed by atoms with E-state index in [1.807, 2.05) is 0 Å². The molecule has 5 nitrogen and oxygen atoms in total. The van der Waals surface area contributed by atoms with Gasteiger partial charge >= 0.3 is 0 Å². The van der Waals surface area contributed by atoms with Crippen LogP contribution in [0.5, 0.6) is 0 Å². The Morgan fingerprint density at radius 1 is 1.61 bits per heavy atom. The summed E-state index contributed by atoms with van der Waals surface area (Å²) in [4.78, 5) is 15.0. The number of carbonyl (C=O) groups excluding carboxylic acids is 1. The molecule has 6 heteroatoms. The summed E-state index contributed by atoms with van der Waals surface area (Å²) >= 11 is 1.43. The highest BCUT2D eigenvalue weighted by Crippen LogP contribution is 2.23. The fourth-order valence-electron chi connectivity index (χ4n) is 1.56. The molecular weight excluding hydrogens is 248 g/mol. The highest BCUT2D eigenvalue weighted by atomic mass is 32.1. The Labute approximate surface area is 111 Å². The summed E-state index contributed by atoms with van der Waals surface area (Å²) in [6.45, 7) is 9.49. The number of hydrogen-bond donors (Lipinski definition) is 3. The van der Waals surface area contributed by atoms with Gasteiger partial charge in [-0.3, -0.25) is 4.79 Å². The number of aromatic nitrogens is 1. The minimum atomic E-state index is -0.0829. The zero-order valence-electron chi connectivity index (χ0n) is 11.0. The van der Waals surface area contributed by atoms with Gasteiger partial charge in [-0.05, 0) is 19.3 Å². The van der Waals surface area contributed by atoms with Gasteiger partial charge in [0.1, 0.15) is 5.00 Å². The lowest BCUT2D eigenvalue weighted by Gasteiger charge is -2.21. The number of thiazole rings is 1. The predicted molar refractivity (Wildman–Crippen MR) is 76.3 cm³/mol. The molecule has 0 aliphatic rings. The molecule has 1 rings (SSSR count). The molecule has 18 heavy (non-hydrogen) atoms. The number of nitrogens with one attached hydrogen (secondary N) is 2. The highest BCUT2D eigenvalue weighted by molar-refractivity contribution is 7.19. The van der Waals surface area contributed by atoms with Crippen molar-refractivity contribution in [2.45, 2.75) is 33.2 Å². The monoisotopic (exact) mass is 268 g/mol. The SMILES string of the molecule is C=C(CC(C)[C@H](C)Nc1ncc(N)s1)NC(C)=O. The number of anilines is 2. The topological polar surface area (TPSA) is 80.0 Å². The van der Waals surface area contributed by atoms with Gasteiger partial charge in [0.2, 0.25) is 5.91 Å². The van der Waals surface area contributed by atoms with Crippen LogP contribution in [0.2, 0.25) is 0 Å². The van der Waals surface area contributed by atoms with Gasteiger partial charge in [0, 0.05) is 18.7 Å². The quantitative estimate of drug-likeness (QED) is 0.739. The van der Waals surface area contributed by atoms with Gasteiger partial charge in [-0.25, -0.2) is 4.98 Å². The summed E-state index contributed by atoms with van der Waals surface area (Å²) in [5.41, 5.74) is 6.36. The average molecular weight is 268 g/mol. The fraction of sp³-hybridized carbons (Fsp3) is 0.500. The Kier molecular flexibility index (Phi) is 5.15. The number of amides is 1. The lowest BCUT2D eigenvalue weighted by atomic mass is 9.98. The number of carbonyl (C=O) groups is 1. The van der Waals surface area contributed by atoms with E-state index < -0.39 is 0 Å². The summed E-state index contributed by atoms with van der Waals surface area (Å²) < 4.78 is 0. The molecule has 0 aliphatic heterocycles. The lowest BCUT2D eigenvalue weighted by molar-refractivity contribution is -0.118. The van der Waals surface area contributed by atoms with Gasteiger partial charge in [0.15, 0.2) is 5.13 Å². The van der Waals surface area contributed by atoms with E-state index >= 15 is 0 Å². The molecule has 0 saturated carbocycles. The molecule has 1 aromatic rings. The molecule has 1 amide bonds. The maximum atomic E-state index is 10.9. The number of rotatable bonds is 6. The highest BCUT2D eigenvalue weighted by Gasteiger charge is 2.15. The molecule has 100 valence electrons. The van der Waals surface area contributed by atoms with Crippen LogP contribution in [-0.4, -0.2) is 16.9 Å². The first-order valence-electron chi connectivity index (χ1n) is 5.81. The van der Waals surface area contributed by atoms with E-state index in [4.69, 9.17) is 5.73 Å². The van der Waals surface area contributed by atoms with Crippen LogP contribution in [0.1, 0.15) is 27.2 Å². The van der Waals surface area contributed by atoms with E-state index in [9.17, 15) is 4.79 Å². The van der Waals surface area contributed by atoms with Crippen LogP contribution in [0.25, 0.3) is 0 Å². The third kappa shape index (κ3) is 4.75. The van der Waals surface area contributed by atoms with E-state index in [1.54, 1.807) is 6.20 Å². The molecule has 1 heterocycles. The van der Waals surface area contributed by atoms with Crippen molar-refractivity contribution in [3.63, 3.8) is 0 Å². The molecule has 0 aromatic carbocycles. The van der Waals surface area contributed by atoms with Gasteiger partial charge in [0.25, 0.3) is 0 Å². The molecule has 2 atom stereocenters. The van der Waals surface area contributed by atoms with Crippen molar-refractivity contribution in [3.8, 4) is 0 Å².